The lowest BCUT2D eigenvalue weighted by Crippen LogP contribution is -1.96. The second-order valence-corrected chi connectivity index (χ2v) is 5.27. The smallest absolute Gasteiger partial charge is 0.0557 e. The first-order valence-corrected chi connectivity index (χ1v) is 6.40. The van der Waals surface area contributed by atoms with E-state index in [1.165, 1.54) is 11.1 Å². The quantitative estimate of drug-likeness (QED) is 0.642. The second-order valence-electron chi connectivity index (χ2n) is 5.27. The van der Waals surface area contributed by atoms with E-state index in [0.717, 1.165) is 33.4 Å². The van der Waals surface area contributed by atoms with Gasteiger partial charge in [0.05, 0.1) is 2.74 Å². The Balaban J connectivity index is 2.90. The Morgan fingerprint density at radius 1 is 0.611 bits per heavy atom. The van der Waals surface area contributed by atoms with E-state index in [2.05, 4.69) is 26.0 Å². The first kappa shape index (κ1) is 10.4. The summed E-state index contributed by atoms with van der Waals surface area (Å²) in [5.74, 6) is 0. The molecule has 0 atom stereocenters. The van der Waals surface area contributed by atoms with E-state index >= 15 is 0 Å². The summed E-state index contributed by atoms with van der Waals surface area (Å²) in [5.41, 5.74) is 8.67. The summed E-state index contributed by atoms with van der Waals surface area (Å²) >= 11 is 0. The Bertz CT molecular complexity index is 636. The molecule has 2 aromatic carbocycles. The summed E-state index contributed by atoms with van der Waals surface area (Å²) in [4.78, 5) is 0. The molecule has 0 amide bonds. The van der Waals surface area contributed by atoms with Crippen molar-refractivity contribution in [2.75, 3.05) is 0 Å². The third kappa shape index (κ3) is 2.20. The van der Waals surface area contributed by atoms with Gasteiger partial charge >= 0.3 is 0 Å². The third-order valence-electron chi connectivity index (χ3n) is 3.42. The summed E-state index contributed by atoms with van der Waals surface area (Å²) in [6.07, 6.45) is 0. The van der Waals surface area contributed by atoms with Crippen molar-refractivity contribution in [2.45, 2.75) is 41.5 Å². The topological polar surface area (TPSA) is 0 Å². The van der Waals surface area contributed by atoms with Gasteiger partial charge in [-0.2, -0.15) is 0 Å². The van der Waals surface area contributed by atoms with E-state index in [1.807, 2.05) is 27.7 Å². The molecule has 0 bridgehead atoms. The molecule has 0 nitrogen and oxygen atoms in total. The first-order chi connectivity index (χ1) is 9.25. The lowest BCUT2D eigenvalue weighted by molar-refractivity contribution is 1.27. The van der Waals surface area contributed by atoms with Crippen LogP contribution in [0.2, 0.25) is 0 Å². The molecule has 0 aliphatic carbocycles. The van der Waals surface area contributed by atoms with Crippen LogP contribution in [0.15, 0.2) is 24.2 Å². The normalized spacial score (nSPS) is 12.3. The molecule has 0 aromatic heterocycles. The van der Waals surface area contributed by atoms with Crippen LogP contribution in [0.4, 0.5) is 0 Å². The summed E-state index contributed by atoms with van der Waals surface area (Å²) in [6.45, 7) is 12.2. The molecule has 0 saturated carbocycles. The predicted molar refractivity (Wildman–Crippen MR) is 80.3 cm³/mol. The number of hydrogen-bond donors (Lipinski definition) is 0. The fourth-order valence-electron chi connectivity index (χ4n) is 2.94. The van der Waals surface area contributed by atoms with Gasteiger partial charge in [-0.1, -0.05) is 35.3 Å². The number of benzene rings is 2. The fourth-order valence-corrected chi connectivity index (χ4v) is 2.94. The molecule has 0 saturated heterocycles. The third-order valence-corrected chi connectivity index (χ3v) is 3.42. The molecule has 0 heteroatoms. The van der Waals surface area contributed by atoms with Crippen molar-refractivity contribution in [1.29, 1.82) is 0 Å². The second kappa shape index (κ2) is 4.61. The molecule has 18 heavy (non-hydrogen) atoms. The van der Waals surface area contributed by atoms with Crippen molar-refractivity contribution in [1.82, 2.24) is 0 Å². The van der Waals surface area contributed by atoms with E-state index in [1.54, 1.807) is 0 Å². The van der Waals surface area contributed by atoms with Gasteiger partial charge in [0.2, 0.25) is 0 Å². The van der Waals surface area contributed by atoms with Crippen LogP contribution in [0.5, 0.6) is 0 Å². The maximum atomic E-state index is 8.22. The lowest BCUT2D eigenvalue weighted by atomic mass is 9.87. The lowest BCUT2D eigenvalue weighted by Gasteiger charge is -2.17. The van der Waals surface area contributed by atoms with Crippen LogP contribution < -0.4 is 0 Å². The van der Waals surface area contributed by atoms with Crippen LogP contribution in [0, 0.1) is 41.5 Å². The molecule has 0 aliphatic heterocycles. The van der Waals surface area contributed by atoms with E-state index < -0.39 is 0 Å². The van der Waals surface area contributed by atoms with E-state index in [4.69, 9.17) is 2.74 Å². The van der Waals surface area contributed by atoms with Gasteiger partial charge in [0, 0.05) is 0 Å². The molecule has 0 aliphatic rings. The standard InChI is InChI=1S/C18H22/c1-11-7-13(3)17(14(4)8-11)18-15(5)9-12(2)10-16(18)6/h7-10H,1-6H3/i7D,9D. The minimum atomic E-state index is 0.608. The molecule has 0 N–H and O–H groups in total. The van der Waals surface area contributed by atoms with Crippen molar-refractivity contribution in [3.63, 3.8) is 0 Å². The van der Waals surface area contributed by atoms with Crippen LogP contribution in [0.1, 0.15) is 36.1 Å². The van der Waals surface area contributed by atoms with E-state index in [9.17, 15) is 0 Å². The molecule has 0 heterocycles. The molecule has 0 radical (unpaired) electrons. The van der Waals surface area contributed by atoms with Gasteiger partial charge in [-0.05, 0) is 74.9 Å². The van der Waals surface area contributed by atoms with Crippen molar-refractivity contribution < 1.29 is 2.74 Å². The maximum Gasteiger partial charge on any atom is 0.0629 e. The van der Waals surface area contributed by atoms with Gasteiger partial charge in [-0.3, -0.25) is 0 Å². The highest BCUT2D eigenvalue weighted by Crippen LogP contribution is 2.34. The largest absolute Gasteiger partial charge is 0.0629 e. The minimum Gasteiger partial charge on any atom is -0.0557 e. The number of rotatable bonds is 1. The monoisotopic (exact) mass is 240 g/mol. The summed E-state index contributed by atoms with van der Waals surface area (Å²) in [6, 6.07) is 5.37. The Hall–Kier alpha value is -1.56. The molecule has 2 aromatic rings. The Labute approximate surface area is 113 Å². The molecular formula is C18H22. The molecule has 94 valence electrons. The van der Waals surface area contributed by atoms with E-state index in [-0.39, 0.29) is 0 Å². The fraction of sp³-hybridized carbons (Fsp3) is 0.333. The van der Waals surface area contributed by atoms with Gasteiger partial charge in [-0.15, -0.1) is 0 Å². The zero-order valence-corrected chi connectivity index (χ0v) is 12.2. The van der Waals surface area contributed by atoms with Gasteiger partial charge in [-0.25, -0.2) is 0 Å². The van der Waals surface area contributed by atoms with Gasteiger partial charge in [0.15, 0.2) is 0 Å². The average molecular weight is 240 g/mol. The first-order valence-electron chi connectivity index (χ1n) is 7.40. The molecule has 0 unspecified atom stereocenters. The van der Waals surface area contributed by atoms with Crippen LogP contribution in [-0.2, 0) is 0 Å². The Kier molecular flexibility index (Phi) is 2.65. The predicted octanol–water partition coefficient (Wildman–Crippen LogP) is 5.20. The summed E-state index contributed by atoms with van der Waals surface area (Å²) in [5, 5.41) is 0. The van der Waals surface area contributed by atoms with Crippen molar-refractivity contribution >= 4 is 0 Å². The van der Waals surface area contributed by atoms with Crippen LogP contribution in [-0.4, -0.2) is 0 Å². The Morgan fingerprint density at radius 3 is 1.28 bits per heavy atom. The highest BCUT2D eigenvalue weighted by molar-refractivity contribution is 5.77. The van der Waals surface area contributed by atoms with Crippen molar-refractivity contribution in [3.8, 4) is 11.1 Å². The van der Waals surface area contributed by atoms with Gasteiger partial charge < -0.3 is 0 Å². The minimum absolute atomic E-state index is 0.608. The molecule has 0 fully saturated rings. The zero-order chi connectivity index (χ0) is 15.2. The van der Waals surface area contributed by atoms with Crippen LogP contribution >= 0.6 is 0 Å². The molecule has 2 rings (SSSR count). The summed E-state index contributed by atoms with van der Waals surface area (Å²) in [7, 11) is 0. The average Bonchev–Trinajstić information content (AvgIpc) is 2.37. The van der Waals surface area contributed by atoms with Gasteiger partial charge in [0.25, 0.3) is 0 Å². The Morgan fingerprint density at radius 2 is 0.944 bits per heavy atom. The van der Waals surface area contributed by atoms with Gasteiger partial charge in [0.1, 0.15) is 0 Å². The SMILES string of the molecule is [2H]c1c(C)cc(C)c(-c2c(C)cc(C)c([2H])c2C)c1C. The van der Waals surface area contributed by atoms with E-state index in [0.29, 0.717) is 12.1 Å². The maximum absolute atomic E-state index is 8.22. The number of aryl methyl sites for hydroxylation is 4. The number of hydrogen-bond acceptors (Lipinski definition) is 0. The van der Waals surface area contributed by atoms with Crippen LogP contribution in [0.3, 0.4) is 0 Å². The zero-order valence-electron chi connectivity index (χ0n) is 14.2. The highest BCUT2D eigenvalue weighted by atomic mass is 14.2. The molecular weight excluding hydrogens is 216 g/mol. The highest BCUT2D eigenvalue weighted by Gasteiger charge is 2.12. The molecule has 0 spiro atoms. The van der Waals surface area contributed by atoms with Crippen molar-refractivity contribution in [3.05, 3.63) is 57.6 Å². The van der Waals surface area contributed by atoms with Crippen LogP contribution in [0.25, 0.3) is 11.1 Å². The summed E-state index contributed by atoms with van der Waals surface area (Å²) < 4.78 is 16.4. The van der Waals surface area contributed by atoms with Crippen molar-refractivity contribution in [2.24, 2.45) is 0 Å².